The summed E-state index contributed by atoms with van der Waals surface area (Å²) in [6, 6.07) is 6.17. The molecule has 0 radical (unpaired) electrons. The quantitative estimate of drug-likeness (QED) is 0.366. The standard InChI is InChI=1S/C25H26FN5O5S/c26-16-9-10-20-19(14-16)27-21(37-20)15-31-13-5-7-18(24(31)34)28-23(33)17(29-25(35)36)6-1-2-8-22(32)30-11-3-4-12-30/h2,5,7-10,13-14,17,29H,1,3-4,6,11-12,15H2,(H,28,33)(H,35,36). The molecule has 3 N–H and O–H groups in total. The number of amides is 3. The summed E-state index contributed by atoms with van der Waals surface area (Å²) in [5.41, 5.74) is -0.0145. The summed E-state index contributed by atoms with van der Waals surface area (Å²) in [5, 5.41) is 14.4. The number of nitrogens with one attached hydrogen (secondary N) is 2. The molecule has 1 aliphatic heterocycles. The van der Waals surface area contributed by atoms with Crippen molar-refractivity contribution >= 4 is 45.1 Å². The maximum atomic E-state index is 13.5. The number of carbonyl (C=O) groups excluding carboxylic acids is 2. The van der Waals surface area contributed by atoms with Gasteiger partial charge in [0.1, 0.15) is 22.6 Å². The first-order chi connectivity index (χ1) is 17.8. The van der Waals surface area contributed by atoms with E-state index in [4.69, 9.17) is 5.11 Å². The minimum Gasteiger partial charge on any atom is -0.465 e. The molecule has 3 aromatic rings. The Morgan fingerprint density at radius 1 is 1.22 bits per heavy atom. The zero-order valence-electron chi connectivity index (χ0n) is 19.9. The van der Waals surface area contributed by atoms with Crippen LogP contribution in [0.15, 0.2) is 53.5 Å². The van der Waals surface area contributed by atoms with E-state index in [0.717, 1.165) is 30.6 Å². The van der Waals surface area contributed by atoms with Crippen LogP contribution in [0.2, 0.25) is 0 Å². The third-order valence-electron chi connectivity index (χ3n) is 5.89. The smallest absolute Gasteiger partial charge is 0.405 e. The molecule has 3 heterocycles. The van der Waals surface area contributed by atoms with Crippen LogP contribution in [0.5, 0.6) is 0 Å². The van der Waals surface area contributed by atoms with E-state index in [2.05, 4.69) is 15.6 Å². The number of anilines is 1. The first kappa shape index (κ1) is 26.0. The van der Waals surface area contributed by atoms with Gasteiger partial charge in [-0.1, -0.05) is 6.08 Å². The van der Waals surface area contributed by atoms with Gasteiger partial charge in [-0.15, -0.1) is 11.3 Å². The Morgan fingerprint density at radius 2 is 2.00 bits per heavy atom. The Hall–Kier alpha value is -4.06. The highest BCUT2D eigenvalue weighted by molar-refractivity contribution is 7.18. The molecular formula is C25H26FN5O5S. The Labute approximate surface area is 215 Å². The van der Waals surface area contributed by atoms with Gasteiger partial charge in [-0.2, -0.15) is 0 Å². The molecule has 1 aromatic carbocycles. The summed E-state index contributed by atoms with van der Waals surface area (Å²) >= 11 is 1.33. The molecule has 3 amide bonds. The number of nitrogens with zero attached hydrogens (tertiary/aromatic N) is 3. The molecule has 1 unspecified atom stereocenters. The van der Waals surface area contributed by atoms with Gasteiger partial charge in [-0.25, -0.2) is 14.2 Å². The average Bonchev–Trinajstić information content (AvgIpc) is 3.53. The minimum atomic E-state index is -1.38. The third kappa shape index (κ3) is 6.79. The number of allylic oxidation sites excluding steroid dienone is 1. The van der Waals surface area contributed by atoms with Crippen molar-refractivity contribution in [1.29, 1.82) is 0 Å². The van der Waals surface area contributed by atoms with E-state index < -0.39 is 29.4 Å². The molecular weight excluding hydrogens is 501 g/mol. The zero-order chi connectivity index (χ0) is 26.4. The lowest BCUT2D eigenvalue weighted by atomic mass is 10.1. The van der Waals surface area contributed by atoms with E-state index >= 15 is 0 Å². The first-order valence-electron chi connectivity index (χ1n) is 11.8. The van der Waals surface area contributed by atoms with Crippen LogP contribution in [0.3, 0.4) is 0 Å². The second kappa shape index (κ2) is 11.8. The number of carbonyl (C=O) groups is 3. The number of carboxylic acid groups (broad SMARTS) is 1. The van der Waals surface area contributed by atoms with Gasteiger partial charge in [0.2, 0.25) is 11.8 Å². The molecule has 0 bridgehead atoms. The van der Waals surface area contributed by atoms with Gasteiger partial charge >= 0.3 is 6.09 Å². The number of benzene rings is 1. The van der Waals surface area contributed by atoms with Crippen LogP contribution in [0.1, 0.15) is 30.7 Å². The first-order valence-corrected chi connectivity index (χ1v) is 12.6. The second-order valence-corrected chi connectivity index (χ2v) is 9.69. The van der Waals surface area contributed by atoms with Gasteiger partial charge in [-0.3, -0.25) is 14.4 Å². The lowest BCUT2D eigenvalue weighted by molar-refractivity contribution is -0.125. The van der Waals surface area contributed by atoms with Crippen molar-refractivity contribution in [2.45, 2.75) is 38.3 Å². The van der Waals surface area contributed by atoms with Crippen molar-refractivity contribution in [2.24, 2.45) is 0 Å². The van der Waals surface area contributed by atoms with E-state index in [1.807, 2.05) is 0 Å². The second-order valence-electron chi connectivity index (χ2n) is 8.58. The lowest BCUT2D eigenvalue weighted by Crippen LogP contribution is -2.44. The van der Waals surface area contributed by atoms with Crippen LogP contribution in [0.25, 0.3) is 10.2 Å². The Balaban J connectivity index is 1.41. The molecule has 2 aromatic heterocycles. The number of thiazole rings is 1. The fraction of sp³-hybridized carbons (Fsp3) is 0.320. The maximum Gasteiger partial charge on any atom is 0.405 e. The van der Waals surface area contributed by atoms with Crippen LogP contribution in [0.4, 0.5) is 14.9 Å². The SMILES string of the molecule is O=C(O)NC(CCC=CC(=O)N1CCCC1)C(=O)Nc1cccn(Cc2nc3cc(F)ccc3s2)c1=O. The topological polar surface area (TPSA) is 134 Å². The minimum absolute atomic E-state index is 0.0170. The van der Waals surface area contributed by atoms with E-state index in [9.17, 15) is 23.6 Å². The third-order valence-corrected chi connectivity index (χ3v) is 6.91. The lowest BCUT2D eigenvalue weighted by Gasteiger charge is -2.16. The van der Waals surface area contributed by atoms with E-state index in [1.165, 1.54) is 40.2 Å². The fourth-order valence-electron chi connectivity index (χ4n) is 4.05. The summed E-state index contributed by atoms with van der Waals surface area (Å²) in [4.78, 5) is 55.2. The molecule has 0 aliphatic carbocycles. The maximum absolute atomic E-state index is 13.5. The summed E-state index contributed by atoms with van der Waals surface area (Å²) in [6.07, 6.45) is 5.56. The van der Waals surface area contributed by atoms with Gasteiger partial charge in [0.05, 0.1) is 16.8 Å². The van der Waals surface area contributed by atoms with Crippen molar-refractivity contribution in [2.75, 3.05) is 18.4 Å². The monoisotopic (exact) mass is 527 g/mol. The predicted octanol–water partition coefficient (Wildman–Crippen LogP) is 3.18. The highest BCUT2D eigenvalue weighted by Gasteiger charge is 2.22. The highest BCUT2D eigenvalue weighted by Crippen LogP contribution is 2.23. The zero-order valence-corrected chi connectivity index (χ0v) is 20.7. The number of hydrogen-bond donors (Lipinski definition) is 3. The van der Waals surface area contributed by atoms with Crippen molar-refractivity contribution in [3.05, 3.63) is 69.9 Å². The van der Waals surface area contributed by atoms with Crippen LogP contribution < -0.4 is 16.2 Å². The largest absolute Gasteiger partial charge is 0.465 e. The van der Waals surface area contributed by atoms with Gasteiger partial charge < -0.3 is 25.2 Å². The van der Waals surface area contributed by atoms with E-state index in [0.29, 0.717) is 10.5 Å². The van der Waals surface area contributed by atoms with Gasteiger partial charge in [0.15, 0.2) is 0 Å². The molecule has 0 saturated carbocycles. The van der Waals surface area contributed by atoms with Crippen LogP contribution in [0, 0.1) is 5.82 Å². The molecule has 1 saturated heterocycles. The number of hydrogen-bond acceptors (Lipinski definition) is 6. The van der Waals surface area contributed by atoms with Crippen LogP contribution in [-0.4, -0.2) is 56.6 Å². The number of likely N-dealkylation sites (tertiary alicyclic amines) is 1. The molecule has 37 heavy (non-hydrogen) atoms. The van der Waals surface area contributed by atoms with Crippen molar-refractivity contribution in [1.82, 2.24) is 19.8 Å². The molecule has 1 aliphatic rings. The summed E-state index contributed by atoms with van der Waals surface area (Å²) in [5.74, 6) is -1.19. The van der Waals surface area contributed by atoms with Crippen LogP contribution in [-0.2, 0) is 16.1 Å². The molecule has 1 atom stereocenters. The highest BCUT2D eigenvalue weighted by atomic mass is 32.1. The van der Waals surface area contributed by atoms with Gasteiger partial charge in [0.25, 0.3) is 5.56 Å². The molecule has 0 spiro atoms. The summed E-state index contributed by atoms with van der Waals surface area (Å²) in [6.45, 7) is 1.57. The number of rotatable bonds is 9. The van der Waals surface area contributed by atoms with Gasteiger partial charge in [0, 0.05) is 25.4 Å². The predicted molar refractivity (Wildman–Crippen MR) is 137 cm³/mol. The number of fused-ring (bicyclic) bond motifs is 1. The van der Waals surface area contributed by atoms with Crippen molar-refractivity contribution < 1.29 is 23.9 Å². The average molecular weight is 528 g/mol. The van der Waals surface area contributed by atoms with Crippen molar-refractivity contribution in [3.8, 4) is 0 Å². The molecule has 10 nitrogen and oxygen atoms in total. The number of halogens is 1. The number of pyridine rings is 1. The molecule has 1 fully saturated rings. The fourth-order valence-corrected chi connectivity index (χ4v) is 4.99. The Morgan fingerprint density at radius 3 is 2.76 bits per heavy atom. The molecule has 4 rings (SSSR count). The van der Waals surface area contributed by atoms with E-state index in [1.54, 1.807) is 29.3 Å². The summed E-state index contributed by atoms with van der Waals surface area (Å²) in [7, 11) is 0. The Kier molecular flexibility index (Phi) is 8.29. The normalized spacial score (nSPS) is 14.2. The summed E-state index contributed by atoms with van der Waals surface area (Å²) < 4.78 is 15.6. The van der Waals surface area contributed by atoms with Gasteiger partial charge in [-0.05, 0) is 56.0 Å². The van der Waals surface area contributed by atoms with Crippen LogP contribution >= 0.6 is 11.3 Å². The molecule has 12 heteroatoms. The Bertz CT molecular complexity index is 1400. The van der Waals surface area contributed by atoms with E-state index in [-0.39, 0.29) is 31.0 Å². The van der Waals surface area contributed by atoms with Crippen molar-refractivity contribution in [3.63, 3.8) is 0 Å². The number of aromatic nitrogens is 2. The molecule has 194 valence electrons.